The molecule has 2 atom stereocenters. The highest BCUT2D eigenvalue weighted by atomic mass is 35.5. The first-order valence-electron chi connectivity index (χ1n) is 7.10. The molecule has 2 unspecified atom stereocenters. The predicted molar refractivity (Wildman–Crippen MR) is 79.7 cm³/mol. The molecule has 0 radical (unpaired) electrons. The third-order valence-corrected chi connectivity index (χ3v) is 4.60. The Morgan fingerprint density at radius 2 is 2.30 bits per heavy atom. The zero-order valence-corrected chi connectivity index (χ0v) is 12.8. The molecule has 2 rings (SSSR count). The van der Waals surface area contributed by atoms with E-state index in [4.69, 9.17) is 11.6 Å². The van der Waals surface area contributed by atoms with Crippen molar-refractivity contribution in [2.24, 2.45) is 5.92 Å². The molecule has 110 valence electrons. The smallest absolute Gasteiger partial charge is 0.254 e. The summed E-state index contributed by atoms with van der Waals surface area (Å²) >= 11 is 6.10. The molecule has 1 aromatic rings. The summed E-state index contributed by atoms with van der Waals surface area (Å²) in [5.41, 5.74) is 0.577. The molecule has 1 aromatic carbocycles. The fourth-order valence-electron chi connectivity index (χ4n) is 3.05. The van der Waals surface area contributed by atoms with E-state index in [0.717, 1.165) is 31.2 Å². The second-order valence-electron chi connectivity index (χ2n) is 6.05. The van der Waals surface area contributed by atoms with Crippen molar-refractivity contribution >= 4 is 17.5 Å². The Labute approximate surface area is 124 Å². The lowest BCUT2D eigenvalue weighted by molar-refractivity contribution is 0.0863. The summed E-state index contributed by atoms with van der Waals surface area (Å²) in [5.74, 6) is 0.0593. The van der Waals surface area contributed by atoms with Gasteiger partial charge in [0.1, 0.15) is 5.82 Å². The molecule has 1 aliphatic rings. The van der Waals surface area contributed by atoms with Crippen molar-refractivity contribution in [3.05, 3.63) is 35.1 Å². The van der Waals surface area contributed by atoms with E-state index in [0.29, 0.717) is 11.8 Å². The van der Waals surface area contributed by atoms with E-state index in [1.165, 1.54) is 6.07 Å². The van der Waals surface area contributed by atoms with E-state index < -0.39 is 11.4 Å². The summed E-state index contributed by atoms with van der Waals surface area (Å²) in [5, 5.41) is 2.99. The number of alkyl halides is 1. The van der Waals surface area contributed by atoms with Crippen LogP contribution >= 0.6 is 11.6 Å². The monoisotopic (exact) mass is 297 g/mol. The van der Waals surface area contributed by atoms with Gasteiger partial charge < -0.3 is 5.32 Å². The Morgan fingerprint density at radius 1 is 1.55 bits per heavy atom. The zero-order chi connectivity index (χ0) is 14.8. The topological polar surface area (TPSA) is 29.1 Å². The van der Waals surface area contributed by atoms with Gasteiger partial charge in [0.05, 0.1) is 11.1 Å². The molecule has 1 aliphatic carbocycles. The van der Waals surface area contributed by atoms with Gasteiger partial charge >= 0.3 is 0 Å². The highest BCUT2D eigenvalue weighted by Crippen LogP contribution is 2.33. The van der Waals surface area contributed by atoms with Gasteiger partial charge in [-0.2, -0.15) is 0 Å². The number of nitrogens with one attached hydrogen (secondary N) is 1. The molecule has 20 heavy (non-hydrogen) atoms. The van der Waals surface area contributed by atoms with Crippen molar-refractivity contribution in [3.63, 3.8) is 0 Å². The van der Waals surface area contributed by atoms with Crippen LogP contribution in [-0.4, -0.2) is 17.3 Å². The highest BCUT2D eigenvalue weighted by Gasteiger charge is 2.36. The molecule has 0 spiro atoms. The number of carbonyl (C=O) groups is 1. The fraction of sp³-hybridized carbons (Fsp3) is 0.562. The van der Waals surface area contributed by atoms with Crippen LogP contribution < -0.4 is 5.32 Å². The van der Waals surface area contributed by atoms with Crippen LogP contribution in [0.1, 0.15) is 48.5 Å². The number of hydrogen-bond donors (Lipinski definition) is 1. The second-order valence-corrected chi connectivity index (χ2v) is 6.32. The average molecular weight is 298 g/mol. The fourth-order valence-corrected chi connectivity index (χ4v) is 3.36. The summed E-state index contributed by atoms with van der Waals surface area (Å²) < 4.78 is 13.8. The van der Waals surface area contributed by atoms with Crippen LogP contribution in [-0.2, 0) is 0 Å². The van der Waals surface area contributed by atoms with E-state index in [2.05, 4.69) is 12.2 Å². The summed E-state index contributed by atoms with van der Waals surface area (Å²) in [4.78, 5) is 12.3. The van der Waals surface area contributed by atoms with Gasteiger partial charge in [0.2, 0.25) is 0 Å². The normalized spacial score (nSPS) is 26.3. The number of amides is 1. The van der Waals surface area contributed by atoms with Crippen LogP contribution in [0.5, 0.6) is 0 Å². The molecule has 1 saturated carbocycles. The molecule has 0 aliphatic heterocycles. The summed E-state index contributed by atoms with van der Waals surface area (Å²) in [7, 11) is 0. The SMILES string of the molecule is Cc1ccc(F)c(C(=O)NC2(CCl)CCCC(C)C2)c1. The minimum Gasteiger partial charge on any atom is -0.345 e. The summed E-state index contributed by atoms with van der Waals surface area (Å²) in [6.07, 6.45) is 3.92. The molecule has 0 saturated heterocycles. The Balaban J connectivity index is 2.19. The van der Waals surface area contributed by atoms with Gasteiger partial charge in [-0.3, -0.25) is 4.79 Å². The number of aryl methyl sites for hydroxylation is 1. The largest absolute Gasteiger partial charge is 0.345 e. The number of halogens is 2. The van der Waals surface area contributed by atoms with Crippen LogP contribution in [0.25, 0.3) is 0 Å². The van der Waals surface area contributed by atoms with Gasteiger partial charge in [-0.05, 0) is 37.8 Å². The van der Waals surface area contributed by atoms with Crippen molar-refractivity contribution in [2.45, 2.75) is 45.1 Å². The second kappa shape index (κ2) is 6.13. The van der Waals surface area contributed by atoms with Crippen molar-refractivity contribution in [2.75, 3.05) is 5.88 Å². The molecule has 0 heterocycles. The number of hydrogen-bond acceptors (Lipinski definition) is 1. The Bertz CT molecular complexity index is 505. The lowest BCUT2D eigenvalue weighted by Crippen LogP contribution is -2.52. The van der Waals surface area contributed by atoms with Gasteiger partial charge in [-0.25, -0.2) is 4.39 Å². The third kappa shape index (κ3) is 3.32. The first kappa shape index (κ1) is 15.3. The van der Waals surface area contributed by atoms with Crippen molar-refractivity contribution < 1.29 is 9.18 Å². The van der Waals surface area contributed by atoms with E-state index in [1.54, 1.807) is 12.1 Å². The van der Waals surface area contributed by atoms with E-state index in [1.807, 2.05) is 6.92 Å². The lowest BCUT2D eigenvalue weighted by atomic mass is 9.77. The molecule has 1 fully saturated rings. The molecular formula is C16H21ClFNO. The minimum absolute atomic E-state index is 0.104. The molecule has 0 bridgehead atoms. The minimum atomic E-state index is -0.485. The zero-order valence-electron chi connectivity index (χ0n) is 12.0. The van der Waals surface area contributed by atoms with Crippen molar-refractivity contribution in [3.8, 4) is 0 Å². The van der Waals surface area contributed by atoms with Crippen LogP contribution in [0, 0.1) is 18.7 Å². The maximum Gasteiger partial charge on any atom is 0.254 e. The Morgan fingerprint density at radius 3 is 2.95 bits per heavy atom. The van der Waals surface area contributed by atoms with Crippen molar-refractivity contribution in [1.82, 2.24) is 5.32 Å². The molecule has 1 N–H and O–H groups in total. The average Bonchev–Trinajstić information content (AvgIpc) is 2.41. The van der Waals surface area contributed by atoms with Gasteiger partial charge in [-0.15, -0.1) is 11.6 Å². The lowest BCUT2D eigenvalue weighted by Gasteiger charge is -2.39. The van der Waals surface area contributed by atoms with Crippen LogP contribution in [0.2, 0.25) is 0 Å². The van der Waals surface area contributed by atoms with Gasteiger partial charge in [-0.1, -0.05) is 31.4 Å². The molecule has 2 nitrogen and oxygen atoms in total. The van der Waals surface area contributed by atoms with E-state index in [9.17, 15) is 9.18 Å². The molecule has 1 amide bonds. The van der Waals surface area contributed by atoms with Gasteiger partial charge in [0, 0.05) is 5.88 Å². The third-order valence-electron chi connectivity index (χ3n) is 4.09. The summed E-state index contributed by atoms with van der Waals surface area (Å²) in [6, 6.07) is 4.58. The maximum absolute atomic E-state index is 13.8. The standard InChI is InChI=1S/C16H21ClFNO/c1-11-5-6-14(18)13(8-11)15(20)19-16(10-17)7-3-4-12(2)9-16/h5-6,8,12H,3-4,7,9-10H2,1-2H3,(H,19,20). The molecule has 0 aromatic heterocycles. The number of rotatable bonds is 3. The highest BCUT2D eigenvalue weighted by molar-refractivity contribution is 6.19. The predicted octanol–water partition coefficient (Wildman–Crippen LogP) is 4.05. The quantitative estimate of drug-likeness (QED) is 0.838. The Hall–Kier alpha value is -1.09. The van der Waals surface area contributed by atoms with Gasteiger partial charge in [0.15, 0.2) is 0 Å². The maximum atomic E-state index is 13.8. The number of carbonyl (C=O) groups excluding carboxylic acids is 1. The Kier molecular flexibility index (Phi) is 4.69. The van der Waals surface area contributed by atoms with Gasteiger partial charge in [0.25, 0.3) is 5.91 Å². The first-order valence-corrected chi connectivity index (χ1v) is 7.64. The van der Waals surface area contributed by atoms with Crippen LogP contribution in [0.3, 0.4) is 0 Å². The number of benzene rings is 1. The van der Waals surface area contributed by atoms with Crippen LogP contribution in [0.15, 0.2) is 18.2 Å². The first-order chi connectivity index (χ1) is 9.46. The summed E-state index contributed by atoms with van der Waals surface area (Å²) in [6.45, 7) is 4.01. The van der Waals surface area contributed by atoms with E-state index >= 15 is 0 Å². The molecular weight excluding hydrogens is 277 g/mol. The van der Waals surface area contributed by atoms with Crippen molar-refractivity contribution in [1.29, 1.82) is 0 Å². The molecule has 4 heteroatoms. The van der Waals surface area contributed by atoms with Crippen LogP contribution in [0.4, 0.5) is 4.39 Å². The van der Waals surface area contributed by atoms with E-state index in [-0.39, 0.29) is 11.5 Å².